The lowest BCUT2D eigenvalue weighted by atomic mass is 9.79. The zero-order chi connectivity index (χ0) is 12.2. The number of aromatic nitrogens is 1. The van der Waals surface area contributed by atoms with E-state index in [0.29, 0.717) is 11.3 Å². The van der Waals surface area contributed by atoms with Gasteiger partial charge >= 0.3 is 0 Å². The van der Waals surface area contributed by atoms with Crippen LogP contribution in [0.15, 0.2) is 24.4 Å². The first kappa shape index (κ1) is 13.5. The molecule has 2 atom stereocenters. The Morgan fingerprint density at radius 2 is 2.00 bits per heavy atom. The minimum absolute atomic E-state index is 0.184. The lowest BCUT2D eigenvalue weighted by Gasteiger charge is -2.28. The fourth-order valence-corrected chi connectivity index (χ4v) is 1.99. The lowest BCUT2D eigenvalue weighted by molar-refractivity contribution is 0.244. The zero-order valence-corrected chi connectivity index (χ0v) is 11.5. The predicted octanol–water partition coefficient (Wildman–Crippen LogP) is 4.30. The Morgan fingerprint density at radius 3 is 2.50 bits per heavy atom. The van der Waals surface area contributed by atoms with Gasteiger partial charge in [-0.25, -0.2) is 0 Å². The van der Waals surface area contributed by atoms with Crippen LogP contribution in [0.2, 0.25) is 0 Å². The van der Waals surface area contributed by atoms with E-state index < -0.39 is 0 Å². The minimum Gasteiger partial charge on any atom is -0.261 e. The molecule has 0 fully saturated rings. The number of rotatable bonds is 4. The maximum atomic E-state index is 6.38. The summed E-state index contributed by atoms with van der Waals surface area (Å²) < 4.78 is 0. The predicted molar refractivity (Wildman–Crippen MR) is 70.8 cm³/mol. The lowest BCUT2D eigenvalue weighted by Crippen LogP contribution is -2.21. The highest BCUT2D eigenvalue weighted by atomic mass is 35.5. The van der Waals surface area contributed by atoms with Gasteiger partial charge in [0.2, 0.25) is 0 Å². The molecule has 1 nitrogen and oxygen atoms in total. The van der Waals surface area contributed by atoms with Gasteiger partial charge in [0.25, 0.3) is 0 Å². The molecule has 0 N–H and O–H groups in total. The van der Waals surface area contributed by atoms with Crippen molar-refractivity contribution in [3.8, 4) is 0 Å². The minimum atomic E-state index is 0.184. The Morgan fingerprint density at radius 1 is 1.31 bits per heavy atom. The van der Waals surface area contributed by atoms with E-state index in [1.165, 1.54) is 0 Å². The van der Waals surface area contributed by atoms with Gasteiger partial charge in [0.05, 0.1) is 0 Å². The molecule has 1 heterocycles. The fraction of sp³-hybridized carbons (Fsp3) is 0.643. The normalized spacial score (nSPS) is 15.8. The second-order valence-electron chi connectivity index (χ2n) is 5.63. The Labute approximate surface area is 104 Å². The molecular formula is C14H22ClN. The van der Waals surface area contributed by atoms with E-state index in [-0.39, 0.29) is 5.38 Å². The number of pyridine rings is 1. The third-order valence-electron chi connectivity index (χ3n) is 3.24. The summed E-state index contributed by atoms with van der Waals surface area (Å²) in [7, 11) is 0. The molecule has 0 saturated heterocycles. The highest BCUT2D eigenvalue weighted by Crippen LogP contribution is 2.30. The van der Waals surface area contributed by atoms with Gasteiger partial charge in [-0.3, -0.25) is 4.98 Å². The first-order valence-corrected chi connectivity index (χ1v) is 6.37. The highest BCUT2D eigenvalue weighted by molar-refractivity contribution is 6.20. The van der Waals surface area contributed by atoms with Crippen molar-refractivity contribution in [2.75, 3.05) is 0 Å². The third kappa shape index (κ3) is 4.52. The van der Waals surface area contributed by atoms with Crippen LogP contribution in [-0.2, 0) is 6.42 Å². The van der Waals surface area contributed by atoms with Gasteiger partial charge in [-0.1, -0.05) is 33.8 Å². The number of hydrogen-bond acceptors (Lipinski definition) is 1. The van der Waals surface area contributed by atoms with Crippen molar-refractivity contribution in [3.63, 3.8) is 0 Å². The molecule has 2 heteroatoms. The van der Waals surface area contributed by atoms with Gasteiger partial charge in [-0.05, 0) is 29.9 Å². The summed E-state index contributed by atoms with van der Waals surface area (Å²) in [6.45, 7) is 9.07. The monoisotopic (exact) mass is 239 g/mol. The van der Waals surface area contributed by atoms with Crippen LogP contribution >= 0.6 is 11.6 Å². The fourth-order valence-electron chi connectivity index (χ4n) is 1.57. The number of halogens is 1. The molecule has 0 amide bonds. The summed E-state index contributed by atoms with van der Waals surface area (Å²) in [5.41, 5.74) is 1.42. The van der Waals surface area contributed by atoms with Crippen LogP contribution in [0.5, 0.6) is 0 Å². The number of alkyl halides is 1. The first-order valence-electron chi connectivity index (χ1n) is 5.93. The van der Waals surface area contributed by atoms with E-state index in [4.69, 9.17) is 11.6 Å². The summed E-state index contributed by atoms with van der Waals surface area (Å²) in [6.07, 6.45) is 3.73. The molecule has 0 spiro atoms. The van der Waals surface area contributed by atoms with Crippen LogP contribution < -0.4 is 0 Å². The van der Waals surface area contributed by atoms with Crippen molar-refractivity contribution in [1.29, 1.82) is 0 Å². The van der Waals surface area contributed by atoms with Gasteiger partial charge in [0.15, 0.2) is 0 Å². The first-order chi connectivity index (χ1) is 7.39. The summed E-state index contributed by atoms with van der Waals surface area (Å²) >= 11 is 6.38. The second kappa shape index (κ2) is 5.67. The van der Waals surface area contributed by atoms with E-state index >= 15 is 0 Å². The molecule has 90 valence electrons. The molecule has 0 saturated carbocycles. The van der Waals surface area contributed by atoms with Crippen molar-refractivity contribution >= 4 is 11.6 Å². The van der Waals surface area contributed by atoms with Gasteiger partial charge in [0, 0.05) is 23.7 Å². The number of nitrogens with zero attached hydrogens (tertiary/aromatic N) is 1. The maximum Gasteiger partial charge on any atom is 0.0418 e. The summed E-state index contributed by atoms with van der Waals surface area (Å²) in [4.78, 5) is 4.30. The van der Waals surface area contributed by atoms with Crippen LogP contribution in [0.1, 0.15) is 39.8 Å². The molecule has 0 aliphatic heterocycles. The van der Waals surface area contributed by atoms with E-state index in [1.807, 2.05) is 24.4 Å². The van der Waals surface area contributed by atoms with Crippen LogP contribution in [0.25, 0.3) is 0 Å². The molecule has 1 rings (SSSR count). The zero-order valence-electron chi connectivity index (χ0n) is 10.7. The third-order valence-corrected chi connectivity index (χ3v) is 3.58. The summed E-state index contributed by atoms with van der Waals surface area (Å²) in [5, 5.41) is 0.184. The van der Waals surface area contributed by atoms with Gasteiger partial charge in [-0.15, -0.1) is 11.6 Å². The van der Waals surface area contributed by atoms with Crippen molar-refractivity contribution in [3.05, 3.63) is 30.1 Å². The van der Waals surface area contributed by atoms with Crippen LogP contribution in [0.4, 0.5) is 0 Å². The molecule has 0 radical (unpaired) electrons. The van der Waals surface area contributed by atoms with E-state index in [0.717, 1.165) is 18.5 Å². The Bertz CT molecular complexity index is 302. The highest BCUT2D eigenvalue weighted by Gasteiger charge is 2.22. The average molecular weight is 240 g/mol. The Balaban J connectivity index is 2.45. The van der Waals surface area contributed by atoms with Crippen LogP contribution in [0, 0.1) is 11.3 Å². The molecule has 16 heavy (non-hydrogen) atoms. The van der Waals surface area contributed by atoms with Gasteiger partial charge in [0.1, 0.15) is 0 Å². The molecule has 1 aromatic heterocycles. The Hall–Kier alpha value is -0.560. The molecular weight excluding hydrogens is 218 g/mol. The summed E-state index contributed by atoms with van der Waals surface area (Å²) in [5.74, 6) is 0.624. The van der Waals surface area contributed by atoms with Crippen molar-refractivity contribution in [1.82, 2.24) is 4.98 Å². The van der Waals surface area contributed by atoms with Gasteiger partial charge in [-0.2, -0.15) is 0 Å². The second-order valence-corrected chi connectivity index (χ2v) is 6.24. The molecule has 1 aromatic rings. The Kier molecular flexibility index (Phi) is 4.79. The molecule has 0 aromatic carbocycles. The topological polar surface area (TPSA) is 12.9 Å². The van der Waals surface area contributed by atoms with Crippen molar-refractivity contribution in [2.24, 2.45) is 11.3 Å². The SMILES string of the molecule is CC(CC(Cl)Cc1ccccn1)C(C)(C)C. The molecule has 2 unspecified atom stereocenters. The van der Waals surface area contributed by atoms with Crippen LogP contribution in [0.3, 0.4) is 0 Å². The van der Waals surface area contributed by atoms with Crippen LogP contribution in [-0.4, -0.2) is 10.4 Å². The quantitative estimate of drug-likeness (QED) is 0.714. The average Bonchev–Trinajstić information content (AvgIpc) is 2.17. The van der Waals surface area contributed by atoms with Crippen molar-refractivity contribution < 1.29 is 0 Å². The van der Waals surface area contributed by atoms with E-state index in [9.17, 15) is 0 Å². The molecule has 0 bridgehead atoms. The van der Waals surface area contributed by atoms with Gasteiger partial charge < -0.3 is 0 Å². The smallest absolute Gasteiger partial charge is 0.0418 e. The largest absolute Gasteiger partial charge is 0.261 e. The van der Waals surface area contributed by atoms with E-state index in [2.05, 4.69) is 32.7 Å². The van der Waals surface area contributed by atoms with E-state index in [1.54, 1.807) is 0 Å². The summed E-state index contributed by atoms with van der Waals surface area (Å²) in [6, 6.07) is 5.99. The number of hydrogen-bond donors (Lipinski definition) is 0. The maximum absolute atomic E-state index is 6.38. The molecule has 0 aliphatic carbocycles. The van der Waals surface area contributed by atoms with Crippen molar-refractivity contribution in [2.45, 2.75) is 45.9 Å². The standard InChI is InChI=1S/C14H22ClN/c1-11(14(2,3)4)9-12(15)10-13-7-5-6-8-16-13/h5-8,11-12H,9-10H2,1-4H3. The molecule has 0 aliphatic rings.